The van der Waals surface area contributed by atoms with Crippen molar-refractivity contribution in [2.75, 3.05) is 0 Å². The fourth-order valence-electron chi connectivity index (χ4n) is 2.78. The molecule has 1 aliphatic heterocycles. The second-order valence-electron chi connectivity index (χ2n) is 6.03. The van der Waals surface area contributed by atoms with Crippen LogP contribution in [0, 0.1) is 5.82 Å². The molecular formula is C22H14ClFO3. The molecule has 0 spiro atoms. The van der Waals surface area contributed by atoms with Gasteiger partial charge < -0.3 is 9.47 Å². The van der Waals surface area contributed by atoms with Gasteiger partial charge in [-0.3, -0.25) is 4.79 Å². The minimum absolute atomic E-state index is 0.0879. The highest BCUT2D eigenvalue weighted by atomic mass is 35.5. The van der Waals surface area contributed by atoms with Crippen LogP contribution in [0.4, 0.5) is 4.39 Å². The van der Waals surface area contributed by atoms with Crippen molar-refractivity contribution in [3.8, 4) is 11.5 Å². The Bertz CT molecular complexity index is 1060. The number of fused-ring (bicyclic) bond motifs is 1. The van der Waals surface area contributed by atoms with Crippen LogP contribution < -0.4 is 9.47 Å². The molecule has 0 amide bonds. The van der Waals surface area contributed by atoms with Gasteiger partial charge in [0.15, 0.2) is 5.76 Å². The molecule has 27 heavy (non-hydrogen) atoms. The summed E-state index contributed by atoms with van der Waals surface area (Å²) in [5.41, 5.74) is 1.69. The molecule has 1 aliphatic rings. The fraction of sp³-hybridized carbons (Fsp3) is 0.0455. The third kappa shape index (κ3) is 3.71. The summed E-state index contributed by atoms with van der Waals surface area (Å²) in [4.78, 5) is 12.5. The molecule has 0 bridgehead atoms. The van der Waals surface area contributed by atoms with Gasteiger partial charge in [0.05, 0.1) is 5.56 Å². The van der Waals surface area contributed by atoms with E-state index in [0.29, 0.717) is 27.6 Å². The number of ether oxygens (including phenoxy) is 2. The molecule has 0 radical (unpaired) electrons. The van der Waals surface area contributed by atoms with Crippen LogP contribution in [0.1, 0.15) is 21.5 Å². The summed E-state index contributed by atoms with van der Waals surface area (Å²) in [7, 11) is 0. The Morgan fingerprint density at radius 3 is 2.70 bits per heavy atom. The smallest absolute Gasteiger partial charge is 0.231 e. The van der Waals surface area contributed by atoms with Crippen molar-refractivity contribution in [2.24, 2.45) is 0 Å². The minimum atomic E-state index is -0.322. The van der Waals surface area contributed by atoms with E-state index in [0.717, 1.165) is 5.56 Å². The van der Waals surface area contributed by atoms with E-state index >= 15 is 0 Å². The van der Waals surface area contributed by atoms with Crippen LogP contribution in [0.15, 0.2) is 72.5 Å². The van der Waals surface area contributed by atoms with Crippen LogP contribution in [0.25, 0.3) is 6.08 Å². The highest BCUT2D eigenvalue weighted by Crippen LogP contribution is 2.35. The van der Waals surface area contributed by atoms with Crippen molar-refractivity contribution in [1.29, 1.82) is 0 Å². The van der Waals surface area contributed by atoms with Crippen molar-refractivity contribution in [1.82, 2.24) is 0 Å². The third-order valence-corrected chi connectivity index (χ3v) is 4.38. The lowest BCUT2D eigenvalue weighted by molar-refractivity contribution is 0.101. The highest BCUT2D eigenvalue weighted by Gasteiger charge is 2.27. The Balaban J connectivity index is 1.53. The quantitative estimate of drug-likeness (QED) is 0.547. The van der Waals surface area contributed by atoms with Gasteiger partial charge in [0.2, 0.25) is 5.78 Å². The number of carbonyl (C=O) groups is 1. The van der Waals surface area contributed by atoms with E-state index in [9.17, 15) is 9.18 Å². The molecule has 0 unspecified atom stereocenters. The van der Waals surface area contributed by atoms with Gasteiger partial charge in [-0.1, -0.05) is 41.9 Å². The second kappa shape index (κ2) is 7.25. The van der Waals surface area contributed by atoms with Gasteiger partial charge in [0.1, 0.15) is 23.9 Å². The number of hydrogen-bond donors (Lipinski definition) is 0. The standard InChI is InChI=1S/C22H14ClFO3/c23-16-6-3-4-14(10-16)11-21-22(25)18-9-8-17(12-20(18)27-21)26-13-15-5-1-2-7-19(15)24/h1-12H,13H2/b21-11+. The van der Waals surface area contributed by atoms with Gasteiger partial charge in [0, 0.05) is 16.7 Å². The largest absolute Gasteiger partial charge is 0.489 e. The van der Waals surface area contributed by atoms with E-state index < -0.39 is 0 Å². The first-order chi connectivity index (χ1) is 13.1. The zero-order chi connectivity index (χ0) is 18.8. The summed E-state index contributed by atoms with van der Waals surface area (Å²) in [6, 6.07) is 18.5. The van der Waals surface area contributed by atoms with Gasteiger partial charge >= 0.3 is 0 Å². The molecule has 3 aromatic rings. The number of hydrogen-bond acceptors (Lipinski definition) is 3. The summed E-state index contributed by atoms with van der Waals surface area (Å²) >= 11 is 5.97. The Morgan fingerprint density at radius 2 is 1.89 bits per heavy atom. The molecule has 3 aromatic carbocycles. The van der Waals surface area contributed by atoms with Gasteiger partial charge in [0.25, 0.3) is 0 Å². The summed E-state index contributed by atoms with van der Waals surface area (Å²) in [6.45, 7) is 0.0879. The van der Waals surface area contributed by atoms with Crippen molar-refractivity contribution in [2.45, 2.75) is 6.61 Å². The first-order valence-electron chi connectivity index (χ1n) is 8.30. The molecule has 134 valence electrons. The zero-order valence-electron chi connectivity index (χ0n) is 14.1. The van der Waals surface area contributed by atoms with E-state index in [2.05, 4.69) is 0 Å². The van der Waals surface area contributed by atoms with E-state index in [4.69, 9.17) is 21.1 Å². The Labute approximate surface area is 160 Å². The monoisotopic (exact) mass is 380 g/mol. The predicted molar refractivity (Wildman–Crippen MR) is 102 cm³/mol. The molecule has 0 saturated carbocycles. The maximum Gasteiger partial charge on any atom is 0.231 e. The lowest BCUT2D eigenvalue weighted by Gasteiger charge is -2.08. The van der Waals surface area contributed by atoms with E-state index in [1.807, 2.05) is 6.07 Å². The molecule has 4 rings (SSSR count). The maximum absolute atomic E-state index is 13.7. The van der Waals surface area contributed by atoms with Gasteiger partial charge in [-0.2, -0.15) is 0 Å². The molecular weight excluding hydrogens is 367 g/mol. The second-order valence-corrected chi connectivity index (χ2v) is 6.47. The normalized spacial score (nSPS) is 14.1. The Morgan fingerprint density at radius 1 is 1.04 bits per heavy atom. The molecule has 5 heteroatoms. The number of ketones is 1. The topological polar surface area (TPSA) is 35.5 Å². The van der Waals surface area contributed by atoms with Crippen LogP contribution in [-0.4, -0.2) is 5.78 Å². The minimum Gasteiger partial charge on any atom is -0.489 e. The molecule has 0 saturated heterocycles. The van der Waals surface area contributed by atoms with Gasteiger partial charge in [-0.25, -0.2) is 4.39 Å². The van der Waals surface area contributed by atoms with Crippen LogP contribution in [0.2, 0.25) is 5.02 Å². The third-order valence-electron chi connectivity index (χ3n) is 4.14. The molecule has 0 aliphatic carbocycles. The maximum atomic E-state index is 13.7. The highest BCUT2D eigenvalue weighted by molar-refractivity contribution is 6.30. The number of allylic oxidation sites excluding steroid dienone is 1. The lowest BCUT2D eigenvalue weighted by Crippen LogP contribution is -1.98. The van der Waals surface area contributed by atoms with Crippen molar-refractivity contribution in [3.05, 3.63) is 100 Å². The van der Waals surface area contributed by atoms with Crippen molar-refractivity contribution in [3.63, 3.8) is 0 Å². The fourth-order valence-corrected chi connectivity index (χ4v) is 2.98. The SMILES string of the molecule is O=C1/C(=C\c2cccc(Cl)c2)Oc2cc(OCc3ccccc3F)ccc21. The number of halogens is 2. The Hall–Kier alpha value is -3.11. The molecule has 0 atom stereocenters. The molecule has 0 fully saturated rings. The zero-order valence-corrected chi connectivity index (χ0v) is 14.9. The first kappa shape index (κ1) is 17.3. The first-order valence-corrected chi connectivity index (χ1v) is 8.68. The molecule has 0 aromatic heterocycles. The molecule has 1 heterocycles. The summed E-state index contributed by atoms with van der Waals surface area (Å²) in [5.74, 6) is 0.606. The average molecular weight is 381 g/mol. The summed E-state index contributed by atoms with van der Waals surface area (Å²) in [6.07, 6.45) is 1.65. The predicted octanol–water partition coefficient (Wildman–Crippen LogP) is 5.67. The summed E-state index contributed by atoms with van der Waals surface area (Å²) < 4.78 is 25.0. The summed E-state index contributed by atoms with van der Waals surface area (Å²) in [5, 5.41) is 0.580. The lowest BCUT2D eigenvalue weighted by atomic mass is 10.1. The molecule has 0 N–H and O–H groups in total. The van der Waals surface area contributed by atoms with Crippen LogP contribution >= 0.6 is 11.6 Å². The van der Waals surface area contributed by atoms with Crippen LogP contribution in [0.3, 0.4) is 0 Å². The number of benzene rings is 3. The van der Waals surface area contributed by atoms with E-state index in [1.165, 1.54) is 6.07 Å². The van der Waals surface area contributed by atoms with Crippen molar-refractivity contribution < 1.29 is 18.7 Å². The molecule has 3 nitrogen and oxygen atoms in total. The van der Waals surface area contributed by atoms with Gasteiger partial charge in [-0.15, -0.1) is 0 Å². The van der Waals surface area contributed by atoms with E-state index in [-0.39, 0.29) is 24.0 Å². The van der Waals surface area contributed by atoms with Gasteiger partial charge in [-0.05, 0) is 42.0 Å². The number of rotatable bonds is 4. The van der Waals surface area contributed by atoms with Crippen molar-refractivity contribution >= 4 is 23.5 Å². The Kier molecular flexibility index (Phi) is 4.65. The number of Topliss-reactive ketones (excluding diaryl/α,β-unsaturated/α-hetero) is 1. The van der Waals surface area contributed by atoms with E-state index in [1.54, 1.807) is 60.7 Å². The number of carbonyl (C=O) groups excluding carboxylic acids is 1. The van der Waals surface area contributed by atoms with Crippen LogP contribution in [-0.2, 0) is 6.61 Å². The van der Waals surface area contributed by atoms with Crippen LogP contribution in [0.5, 0.6) is 11.5 Å². The average Bonchev–Trinajstić information content (AvgIpc) is 2.96.